The minimum atomic E-state index is -3.20. The summed E-state index contributed by atoms with van der Waals surface area (Å²) in [7, 11) is -3.20. The summed E-state index contributed by atoms with van der Waals surface area (Å²) in [6, 6.07) is 2.14. The van der Waals surface area contributed by atoms with Gasteiger partial charge in [0.15, 0.2) is 0 Å². The molecule has 0 unspecified atom stereocenters. The van der Waals surface area contributed by atoms with Crippen LogP contribution in [0.1, 0.15) is 33.6 Å². The molecular formula is C12H23N3O2S. The molecular weight excluding hydrogens is 250 g/mol. The van der Waals surface area contributed by atoms with Crippen molar-refractivity contribution in [3.05, 3.63) is 0 Å². The summed E-state index contributed by atoms with van der Waals surface area (Å²) >= 11 is 0. The smallest absolute Gasteiger partial charge is 0.212 e. The molecule has 0 aliphatic carbocycles. The lowest BCUT2D eigenvalue weighted by Gasteiger charge is -2.31. The zero-order valence-electron chi connectivity index (χ0n) is 11.4. The lowest BCUT2D eigenvalue weighted by molar-refractivity contribution is 0.228. The van der Waals surface area contributed by atoms with Crippen LogP contribution in [0.4, 0.5) is 0 Å². The molecule has 0 atom stereocenters. The predicted octanol–water partition coefficient (Wildman–Crippen LogP) is 0.940. The van der Waals surface area contributed by atoms with E-state index in [2.05, 4.69) is 15.7 Å². The Morgan fingerprint density at radius 2 is 1.89 bits per heavy atom. The molecule has 1 heterocycles. The van der Waals surface area contributed by atoms with Crippen LogP contribution >= 0.6 is 0 Å². The SMILES string of the molecule is CC(C)(C)CS(=O)(=O)NC1CCN(CC#N)CC1. The fourth-order valence-electron chi connectivity index (χ4n) is 2.17. The first kappa shape index (κ1) is 15.4. The van der Waals surface area contributed by atoms with Gasteiger partial charge in [-0.05, 0) is 18.3 Å². The quantitative estimate of drug-likeness (QED) is 0.774. The number of hydrogen-bond acceptors (Lipinski definition) is 4. The minimum Gasteiger partial charge on any atom is -0.290 e. The van der Waals surface area contributed by atoms with E-state index < -0.39 is 10.0 Å². The molecule has 1 fully saturated rings. The first-order valence-electron chi connectivity index (χ1n) is 6.31. The summed E-state index contributed by atoms with van der Waals surface area (Å²) in [6.07, 6.45) is 1.57. The van der Waals surface area contributed by atoms with Crippen LogP contribution in [-0.2, 0) is 10.0 Å². The van der Waals surface area contributed by atoms with Gasteiger partial charge in [0.1, 0.15) is 0 Å². The summed E-state index contributed by atoms with van der Waals surface area (Å²) < 4.78 is 26.7. The molecule has 1 aliphatic rings. The molecule has 0 radical (unpaired) electrons. The Bertz CT molecular complexity index is 398. The van der Waals surface area contributed by atoms with E-state index in [1.807, 2.05) is 20.8 Å². The van der Waals surface area contributed by atoms with E-state index in [0.29, 0.717) is 6.54 Å². The zero-order chi connectivity index (χ0) is 13.8. The molecule has 1 N–H and O–H groups in total. The van der Waals surface area contributed by atoms with Crippen molar-refractivity contribution < 1.29 is 8.42 Å². The summed E-state index contributed by atoms with van der Waals surface area (Å²) in [5, 5.41) is 8.60. The fraction of sp³-hybridized carbons (Fsp3) is 0.917. The van der Waals surface area contributed by atoms with Gasteiger partial charge in [-0.1, -0.05) is 20.8 Å². The average molecular weight is 273 g/mol. The highest BCUT2D eigenvalue weighted by Gasteiger charge is 2.26. The van der Waals surface area contributed by atoms with Gasteiger partial charge in [-0.3, -0.25) is 4.90 Å². The molecule has 0 aromatic carbocycles. The number of nitriles is 1. The van der Waals surface area contributed by atoms with Crippen molar-refractivity contribution >= 4 is 10.0 Å². The average Bonchev–Trinajstić information content (AvgIpc) is 2.17. The third-order valence-electron chi connectivity index (χ3n) is 2.85. The molecule has 1 saturated heterocycles. The number of sulfonamides is 1. The van der Waals surface area contributed by atoms with Crippen LogP contribution < -0.4 is 4.72 Å². The molecule has 0 bridgehead atoms. The second-order valence-electron chi connectivity index (χ2n) is 6.15. The largest absolute Gasteiger partial charge is 0.290 e. The number of likely N-dealkylation sites (tertiary alicyclic amines) is 1. The standard InChI is InChI=1S/C12H23N3O2S/c1-12(2,3)10-18(16,17)14-11-4-7-15(8-5-11)9-6-13/h11,14H,4-5,7-10H2,1-3H3. The molecule has 1 aliphatic heterocycles. The van der Waals surface area contributed by atoms with Crippen molar-refractivity contribution in [2.75, 3.05) is 25.4 Å². The van der Waals surface area contributed by atoms with Crippen LogP contribution in [0.3, 0.4) is 0 Å². The number of nitrogens with one attached hydrogen (secondary N) is 1. The van der Waals surface area contributed by atoms with Gasteiger partial charge in [-0.25, -0.2) is 13.1 Å². The Morgan fingerprint density at radius 1 is 1.33 bits per heavy atom. The van der Waals surface area contributed by atoms with E-state index in [-0.39, 0.29) is 17.2 Å². The molecule has 5 nitrogen and oxygen atoms in total. The molecule has 6 heteroatoms. The Morgan fingerprint density at radius 3 is 2.33 bits per heavy atom. The Balaban J connectivity index is 2.44. The monoisotopic (exact) mass is 273 g/mol. The highest BCUT2D eigenvalue weighted by molar-refractivity contribution is 7.89. The summed E-state index contributed by atoms with van der Waals surface area (Å²) in [5.74, 6) is 0.151. The topological polar surface area (TPSA) is 73.2 Å². The van der Waals surface area contributed by atoms with Crippen molar-refractivity contribution in [2.45, 2.75) is 39.7 Å². The van der Waals surface area contributed by atoms with Crippen molar-refractivity contribution in [2.24, 2.45) is 5.41 Å². The molecule has 18 heavy (non-hydrogen) atoms. The second-order valence-corrected chi connectivity index (χ2v) is 7.90. The van der Waals surface area contributed by atoms with Gasteiger partial charge in [0.2, 0.25) is 10.0 Å². The lowest BCUT2D eigenvalue weighted by Crippen LogP contribution is -2.46. The molecule has 1 rings (SSSR count). The zero-order valence-corrected chi connectivity index (χ0v) is 12.3. The number of piperidine rings is 1. The van der Waals surface area contributed by atoms with Crippen LogP contribution in [0.25, 0.3) is 0 Å². The van der Waals surface area contributed by atoms with Gasteiger partial charge >= 0.3 is 0 Å². The summed E-state index contributed by atoms with van der Waals surface area (Å²) in [5.41, 5.74) is -0.229. The van der Waals surface area contributed by atoms with E-state index in [1.165, 1.54) is 0 Å². The van der Waals surface area contributed by atoms with Crippen LogP contribution in [0.2, 0.25) is 0 Å². The van der Waals surface area contributed by atoms with Crippen LogP contribution in [-0.4, -0.2) is 44.7 Å². The fourth-order valence-corrected chi connectivity index (χ4v) is 4.14. The number of nitrogens with zero attached hydrogens (tertiary/aromatic N) is 2. The van der Waals surface area contributed by atoms with Crippen molar-refractivity contribution in [1.82, 2.24) is 9.62 Å². The first-order valence-corrected chi connectivity index (χ1v) is 7.96. The maximum absolute atomic E-state index is 11.9. The summed E-state index contributed by atoms with van der Waals surface area (Å²) in [4.78, 5) is 2.05. The van der Waals surface area contributed by atoms with Crippen molar-refractivity contribution in [3.63, 3.8) is 0 Å². The summed E-state index contributed by atoms with van der Waals surface area (Å²) in [6.45, 7) is 7.76. The Hall–Kier alpha value is -0.640. The molecule has 0 spiro atoms. The molecule has 104 valence electrons. The highest BCUT2D eigenvalue weighted by atomic mass is 32.2. The van der Waals surface area contributed by atoms with Gasteiger partial charge in [0, 0.05) is 19.1 Å². The molecule has 0 saturated carbocycles. The number of rotatable bonds is 4. The maximum atomic E-state index is 11.9. The highest BCUT2D eigenvalue weighted by Crippen LogP contribution is 2.17. The predicted molar refractivity (Wildman–Crippen MR) is 71.5 cm³/mol. The van der Waals surface area contributed by atoms with E-state index in [0.717, 1.165) is 25.9 Å². The normalized spacial score (nSPS) is 19.7. The van der Waals surface area contributed by atoms with Crippen LogP contribution in [0.15, 0.2) is 0 Å². The lowest BCUT2D eigenvalue weighted by atomic mass is 10.0. The minimum absolute atomic E-state index is 0.0206. The maximum Gasteiger partial charge on any atom is 0.212 e. The van der Waals surface area contributed by atoms with Crippen LogP contribution in [0.5, 0.6) is 0 Å². The second kappa shape index (κ2) is 6.00. The number of hydrogen-bond donors (Lipinski definition) is 1. The molecule has 0 aromatic heterocycles. The van der Waals surface area contributed by atoms with Crippen molar-refractivity contribution in [1.29, 1.82) is 5.26 Å². The Labute approximate surface area is 110 Å². The first-order chi connectivity index (χ1) is 8.22. The van der Waals surface area contributed by atoms with Crippen molar-refractivity contribution in [3.8, 4) is 6.07 Å². The van der Waals surface area contributed by atoms with E-state index in [4.69, 9.17) is 5.26 Å². The van der Waals surface area contributed by atoms with Gasteiger partial charge in [-0.2, -0.15) is 5.26 Å². The van der Waals surface area contributed by atoms with Gasteiger partial charge in [-0.15, -0.1) is 0 Å². The van der Waals surface area contributed by atoms with E-state index >= 15 is 0 Å². The Kier molecular flexibility index (Phi) is 5.14. The third kappa shape index (κ3) is 5.80. The van der Waals surface area contributed by atoms with Gasteiger partial charge < -0.3 is 0 Å². The van der Waals surface area contributed by atoms with E-state index in [1.54, 1.807) is 0 Å². The molecule has 0 amide bonds. The van der Waals surface area contributed by atoms with Gasteiger partial charge in [0.25, 0.3) is 0 Å². The third-order valence-corrected chi connectivity index (χ3v) is 4.79. The van der Waals surface area contributed by atoms with Crippen LogP contribution in [0, 0.1) is 16.7 Å². The molecule has 0 aromatic rings. The van der Waals surface area contributed by atoms with Gasteiger partial charge in [0.05, 0.1) is 18.4 Å². The van der Waals surface area contributed by atoms with E-state index in [9.17, 15) is 8.42 Å².